The van der Waals surface area contributed by atoms with Gasteiger partial charge < -0.3 is 15.2 Å². The second-order valence-electron chi connectivity index (χ2n) is 4.55. The number of hydrogen-bond donors (Lipinski definition) is 3. The summed E-state index contributed by atoms with van der Waals surface area (Å²) in [6, 6.07) is 0.477. The van der Waals surface area contributed by atoms with Crippen molar-refractivity contribution >= 4 is 11.9 Å². The van der Waals surface area contributed by atoms with E-state index < -0.39 is 17.9 Å². The van der Waals surface area contributed by atoms with Crippen LogP contribution in [0.5, 0.6) is 0 Å². The van der Waals surface area contributed by atoms with Crippen LogP contribution in [0.15, 0.2) is 18.7 Å². The lowest BCUT2D eigenvalue weighted by molar-refractivity contribution is -0.140. The Morgan fingerprint density at radius 2 is 2.30 bits per heavy atom. The van der Waals surface area contributed by atoms with Crippen molar-refractivity contribution in [2.24, 2.45) is 0 Å². The molecule has 1 aromatic rings. The van der Waals surface area contributed by atoms with Crippen molar-refractivity contribution in [3.63, 3.8) is 0 Å². The van der Waals surface area contributed by atoms with Crippen LogP contribution in [0.3, 0.4) is 0 Å². The average molecular weight is 281 g/mol. The molecule has 1 heterocycles. The lowest BCUT2D eigenvalue weighted by atomic mass is 10.1. The quantitative estimate of drug-likeness (QED) is 0.485. The first-order valence-corrected chi connectivity index (χ1v) is 6.23. The van der Waals surface area contributed by atoms with E-state index in [2.05, 4.69) is 22.1 Å². The summed E-state index contributed by atoms with van der Waals surface area (Å²) in [5.41, 5.74) is 0.966. The number of carbonyl (C=O) groups is 2. The molecule has 0 aromatic carbocycles. The minimum Gasteiger partial charge on any atom is -0.480 e. The Morgan fingerprint density at radius 3 is 2.80 bits per heavy atom. The third kappa shape index (κ3) is 4.51. The SMILES string of the molecule is C=CCOCC(NC(=O)c1cc(C(C)C)[nH]n1)C(=O)O. The second kappa shape index (κ2) is 7.44. The molecule has 110 valence electrons. The van der Waals surface area contributed by atoms with Crippen molar-refractivity contribution in [2.75, 3.05) is 13.2 Å². The Kier molecular flexibility index (Phi) is 5.92. The molecule has 0 saturated heterocycles. The molecule has 0 radical (unpaired) electrons. The molecular weight excluding hydrogens is 262 g/mol. The Labute approximate surface area is 117 Å². The maximum absolute atomic E-state index is 11.9. The Balaban J connectivity index is 2.64. The third-order valence-corrected chi connectivity index (χ3v) is 2.58. The van der Waals surface area contributed by atoms with Crippen molar-refractivity contribution in [1.29, 1.82) is 0 Å². The summed E-state index contributed by atoms with van der Waals surface area (Å²) < 4.78 is 5.04. The highest BCUT2D eigenvalue weighted by Gasteiger charge is 2.22. The fraction of sp³-hybridized carbons (Fsp3) is 0.462. The lowest BCUT2D eigenvalue weighted by Gasteiger charge is -2.13. The van der Waals surface area contributed by atoms with Crippen LogP contribution in [0.1, 0.15) is 35.9 Å². The molecule has 0 fully saturated rings. The highest BCUT2D eigenvalue weighted by atomic mass is 16.5. The number of aliphatic carboxylic acids is 1. The van der Waals surface area contributed by atoms with Crippen molar-refractivity contribution in [3.8, 4) is 0 Å². The Hall–Kier alpha value is -2.15. The molecule has 3 N–H and O–H groups in total. The van der Waals surface area contributed by atoms with Gasteiger partial charge in [-0.05, 0) is 12.0 Å². The first kappa shape index (κ1) is 15.9. The Morgan fingerprint density at radius 1 is 1.60 bits per heavy atom. The van der Waals surface area contributed by atoms with E-state index in [1.54, 1.807) is 6.07 Å². The zero-order chi connectivity index (χ0) is 15.1. The van der Waals surface area contributed by atoms with Crippen molar-refractivity contribution in [2.45, 2.75) is 25.8 Å². The van der Waals surface area contributed by atoms with Crippen LogP contribution in [0.25, 0.3) is 0 Å². The van der Waals surface area contributed by atoms with Crippen LogP contribution < -0.4 is 5.32 Å². The van der Waals surface area contributed by atoms with Crippen LogP contribution in [0.4, 0.5) is 0 Å². The number of nitrogens with one attached hydrogen (secondary N) is 2. The summed E-state index contributed by atoms with van der Waals surface area (Å²) in [7, 11) is 0. The molecule has 1 unspecified atom stereocenters. The van der Waals surface area contributed by atoms with Crippen LogP contribution >= 0.6 is 0 Å². The summed E-state index contributed by atoms with van der Waals surface area (Å²) in [5.74, 6) is -1.51. The fourth-order valence-electron chi connectivity index (χ4n) is 1.42. The molecule has 7 nitrogen and oxygen atoms in total. The van der Waals surface area contributed by atoms with Gasteiger partial charge in [0.25, 0.3) is 5.91 Å². The van der Waals surface area contributed by atoms with Gasteiger partial charge in [-0.25, -0.2) is 4.79 Å². The molecule has 0 aliphatic carbocycles. The number of carboxylic acid groups (broad SMARTS) is 1. The summed E-state index contributed by atoms with van der Waals surface area (Å²) in [6.45, 7) is 7.46. The first-order chi connectivity index (χ1) is 9.45. The molecule has 20 heavy (non-hydrogen) atoms. The first-order valence-electron chi connectivity index (χ1n) is 6.23. The number of nitrogens with zero attached hydrogens (tertiary/aromatic N) is 1. The molecule has 7 heteroatoms. The fourth-order valence-corrected chi connectivity index (χ4v) is 1.42. The van der Waals surface area contributed by atoms with E-state index in [1.807, 2.05) is 13.8 Å². The minimum atomic E-state index is -1.16. The summed E-state index contributed by atoms with van der Waals surface area (Å²) in [5, 5.41) is 18.0. The number of rotatable bonds is 8. The molecule has 0 aliphatic rings. The molecule has 0 saturated carbocycles. The number of amides is 1. The molecule has 1 aromatic heterocycles. The highest BCUT2D eigenvalue weighted by molar-refractivity contribution is 5.95. The normalized spacial score (nSPS) is 12.2. The Bertz CT molecular complexity index is 482. The van der Waals surface area contributed by atoms with E-state index in [4.69, 9.17) is 9.84 Å². The van der Waals surface area contributed by atoms with Gasteiger partial charge in [-0.1, -0.05) is 19.9 Å². The second-order valence-corrected chi connectivity index (χ2v) is 4.55. The zero-order valence-electron chi connectivity index (χ0n) is 11.5. The smallest absolute Gasteiger partial charge is 0.328 e. The van der Waals surface area contributed by atoms with Gasteiger partial charge in [0.2, 0.25) is 0 Å². The minimum absolute atomic E-state index is 0.130. The number of H-pyrrole nitrogens is 1. The van der Waals surface area contributed by atoms with Crippen molar-refractivity contribution < 1.29 is 19.4 Å². The van der Waals surface area contributed by atoms with Crippen LogP contribution in [-0.2, 0) is 9.53 Å². The standard InChI is InChI=1S/C13H19N3O4/c1-4-5-20-7-11(13(18)19)14-12(17)10-6-9(8(2)3)15-16-10/h4,6,8,11H,1,5,7H2,2-3H3,(H,14,17)(H,15,16)(H,18,19). The van der Waals surface area contributed by atoms with Gasteiger partial charge >= 0.3 is 5.97 Å². The van der Waals surface area contributed by atoms with E-state index in [9.17, 15) is 9.59 Å². The van der Waals surface area contributed by atoms with E-state index in [0.717, 1.165) is 5.69 Å². The van der Waals surface area contributed by atoms with Gasteiger partial charge in [0.05, 0.1) is 13.2 Å². The van der Waals surface area contributed by atoms with Gasteiger partial charge in [0.1, 0.15) is 5.69 Å². The monoisotopic (exact) mass is 281 g/mol. The maximum atomic E-state index is 11.9. The molecular formula is C13H19N3O4. The van der Waals surface area contributed by atoms with Gasteiger partial charge in [0, 0.05) is 5.69 Å². The average Bonchev–Trinajstić information content (AvgIpc) is 2.87. The number of carboxylic acids is 1. The number of aromatic amines is 1. The van der Waals surface area contributed by atoms with Crippen LogP contribution in [0, 0.1) is 0 Å². The third-order valence-electron chi connectivity index (χ3n) is 2.58. The predicted molar refractivity (Wildman–Crippen MR) is 72.6 cm³/mol. The summed E-state index contributed by atoms with van der Waals surface area (Å²) in [4.78, 5) is 22.9. The highest BCUT2D eigenvalue weighted by Crippen LogP contribution is 2.11. The van der Waals surface area contributed by atoms with E-state index >= 15 is 0 Å². The molecule has 1 rings (SSSR count). The van der Waals surface area contributed by atoms with Crippen LogP contribution in [0.2, 0.25) is 0 Å². The molecule has 0 bridgehead atoms. The number of hydrogen-bond acceptors (Lipinski definition) is 4. The summed E-state index contributed by atoms with van der Waals surface area (Å²) >= 11 is 0. The zero-order valence-corrected chi connectivity index (χ0v) is 11.5. The van der Waals surface area contributed by atoms with Crippen molar-refractivity contribution in [3.05, 3.63) is 30.1 Å². The molecule has 1 amide bonds. The number of carbonyl (C=O) groups excluding carboxylic acids is 1. The van der Waals surface area contributed by atoms with Crippen molar-refractivity contribution in [1.82, 2.24) is 15.5 Å². The predicted octanol–water partition coefficient (Wildman–Crippen LogP) is 0.919. The summed E-state index contributed by atoms with van der Waals surface area (Å²) in [6.07, 6.45) is 1.50. The molecule has 0 spiro atoms. The van der Waals surface area contributed by atoms with Gasteiger partial charge in [-0.2, -0.15) is 5.10 Å². The van der Waals surface area contributed by atoms with Gasteiger partial charge in [-0.15, -0.1) is 6.58 Å². The maximum Gasteiger partial charge on any atom is 0.328 e. The molecule has 1 atom stereocenters. The van der Waals surface area contributed by atoms with E-state index in [0.29, 0.717) is 0 Å². The number of aromatic nitrogens is 2. The van der Waals surface area contributed by atoms with E-state index in [-0.39, 0.29) is 24.8 Å². The van der Waals surface area contributed by atoms with E-state index in [1.165, 1.54) is 6.08 Å². The number of ether oxygens (including phenoxy) is 1. The molecule has 0 aliphatic heterocycles. The van der Waals surface area contributed by atoms with Crippen LogP contribution in [-0.4, -0.2) is 46.4 Å². The largest absolute Gasteiger partial charge is 0.480 e. The van der Waals surface area contributed by atoms with Gasteiger partial charge in [0.15, 0.2) is 6.04 Å². The van der Waals surface area contributed by atoms with Gasteiger partial charge in [-0.3, -0.25) is 9.89 Å². The lowest BCUT2D eigenvalue weighted by Crippen LogP contribution is -2.44. The topological polar surface area (TPSA) is 104 Å².